The molecule has 0 atom stereocenters. The number of nitrogens with zero attached hydrogens (tertiary/aromatic N) is 4. The van der Waals surface area contributed by atoms with Gasteiger partial charge in [0.2, 0.25) is 0 Å². The molecule has 0 radical (unpaired) electrons. The molecule has 5 rings (SSSR count). The largest absolute Gasteiger partial charge is 0.356 e. The first-order valence-electron chi connectivity index (χ1n) is 11.8. The second kappa shape index (κ2) is 8.43. The van der Waals surface area contributed by atoms with E-state index in [2.05, 4.69) is 40.3 Å². The number of hydrogen-bond acceptors (Lipinski definition) is 6. The highest BCUT2D eigenvalue weighted by atomic mass is 19.1. The summed E-state index contributed by atoms with van der Waals surface area (Å²) in [5, 5.41) is 8.54. The molecule has 0 bridgehead atoms. The number of benzene rings is 1. The normalized spacial score (nSPS) is 17.6. The number of fused-ring (bicyclic) bond motifs is 1. The molecule has 1 aliphatic heterocycles. The number of hydrogen-bond donors (Lipinski definition) is 1. The second-order valence-electron chi connectivity index (χ2n) is 9.75. The Bertz CT molecular complexity index is 1130. The summed E-state index contributed by atoms with van der Waals surface area (Å²) in [5.74, 6) is 2.61. The topological polar surface area (TPSA) is 67.1 Å². The Morgan fingerprint density at radius 1 is 1.12 bits per heavy atom. The monoisotopic (exact) mass is 437 g/mol. The molecule has 1 aromatic carbocycles. The summed E-state index contributed by atoms with van der Waals surface area (Å²) >= 11 is 0. The molecule has 7 heteroatoms. The number of rotatable bonds is 6. The van der Waals surface area contributed by atoms with Gasteiger partial charge in [0.15, 0.2) is 5.82 Å². The van der Waals surface area contributed by atoms with Gasteiger partial charge in [0.05, 0.1) is 5.56 Å². The predicted octanol–water partition coefficient (Wildman–Crippen LogP) is 5.13. The number of nitrogens with one attached hydrogen (secondary N) is 1. The maximum atomic E-state index is 15.2. The van der Waals surface area contributed by atoms with Crippen molar-refractivity contribution in [2.45, 2.75) is 65.3 Å². The van der Waals surface area contributed by atoms with Crippen LogP contribution >= 0.6 is 0 Å². The molecule has 0 spiro atoms. The van der Waals surface area contributed by atoms with E-state index in [9.17, 15) is 0 Å². The Morgan fingerprint density at radius 3 is 2.50 bits per heavy atom. The van der Waals surface area contributed by atoms with E-state index in [-0.39, 0.29) is 11.7 Å². The highest BCUT2D eigenvalue weighted by molar-refractivity contribution is 5.93. The first-order chi connectivity index (χ1) is 15.4. The van der Waals surface area contributed by atoms with Crippen LogP contribution in [0.15, 0.2) is 16.7 Å². The van der Waals surface area contributed by atoms with Crippen LogP contribution in [0.3, 0.4) is 0 Å². The first-order valence-corrected chi connectivity index (χ1v) is 11.8. The zero-order valence-electron chi connectivity index (χ0n) is 19.4. The molecule has 2 aromatic heterocycles. The molecule has 1 aliphatic carbocycles. The van der Waals surface area contributed by atoms with E-state index in [1.54, 1.807) is 6.07 Å². The lowest BCUT2D eigenvalue weighted by Gasteiger charge is -2.34. The number of pyridine rings is 1. The highest BCUT2D eigenvalue weighted by Crippen LogP contribution is 2.38. The van der Waals surface area contributed by atoms with Gasteiger partial charge in [0, 0.05) is 24.5 Å². The fraction of sp³-hybridized carbons (Fsp3) is 0.560. The molecule has 0 unspecified atom stereocenters. The lowest BCUT2D eigenvalue weighted by molar-refractivity contribution is 0.406. The summed E-state index contributed by atoms with van der Waals surface area (Å²) in [4.78, 5) is 11.6. The molecule has 6 nitrogen and oxygen atoms in total. The van der Waals surface area contributed by atoms with E-state index in [1.165, 1.54) is 12.8 Å². The van der Waals surface area contributed by atoms with Crippen molar-refractivity contribution in [3.8, 4) is 11.5 Å². The van der Waals surface area contributed by atoms with Crippen molar-refractivity contribution in [3.05, 3.63) is 34.9 Å². The van der Waals surface area contributed by atoms with Gasteiger partial charge in [-0.05, 0) is 81.2 Å². The Labute approximate surface area is 188 Å². The van der Waals surface area contributed by atoms with Crippen molar-refractivity contribution in [3.63, 3.8) is 0 Å². The Balaban J connectivity index is 1.54. The van der Waals surface area contributed by atoms with E-state index in [1.807, 2.05) is 13.8 Å². The predicted molar refractivity (Wildman–Crippen MR) is 125 cm³/mol. The van der Waals surface area contributed by atoms with E-state index < -0.39 is 0 Å². The summed E-state index contributed by atoms with van der Waals surface area (Å²) in [6.45, 7) is 10.8. The van der Waals surface area contributed by atoms with Crippen molar-refractivity contribution in [1.29, 1.82) is 0 Å². The van der Waals surface area contributed by atoms with Crippen molar-refractivity contribution in [1.82, 2.24) is 20.4 Å². The van der Waals surface area contributed by atoms with Crippen LogP contribution in [-0.2, 0) is 0 Å². The lowest BCUT2D eigenvalue weighted by Crippen LogP contribution is -2.43. The molecule has 1 N–H and O–H groups in total. The van der Waals surface area contributed by atoms with Gasteiger partial charge in [-0.2, -0.15) is 4.98 Å². The number of anilines is 1. The van der Waals surface area contributed by atoms with Crippen LogP contribution in [0.2, 0.25) is 0 Å². The lowest BCUT2D eigenvalue weighted by atomic mass is 9.96. The van der Waals surface area contributed by atoms with Crippen molar-refractivity contribution in [2.24, 2.45) is 5.92 Å². The van der Waals surface area contributed by atoms with Gasteiger partial charge in [-0.1, -0.05) is 19.0 Å². The Morgan fingerprint density at radius 2 is 1.88 bits per heavy atom. The van der Waals surface area contributed by atoms with Crippen molar-refractivity contribution >= 4 is 16.7 Å². The molecular formula is C25H32FN5O. The van der Waals surface area contributed by atoms with Crippen LogP contribution in [0, 0.1) is 25.6 Å². The average molecular weight is 438 g/mol. The summed E-state index contributed by atoms with van der Waals surface area (Å²) < 4.78 is 20.8. The third kappa shape index (κ3) is 4.10. The summed E-state index contributed by atoms with van der Waals surface area (Å²) in [6.07, 6.45) is 4.82. The minimum Gasteiger partial charge on any atom is -0.356 e. The zero-order chi connectivity index (χ0) is 22.4. The number of halogens is 1. The number of aromatic nitrogens is 3. The van der Waals surface area contributed by atoms with Crippen molar-refractivity contribution < 1.29 is 8.91 Å². The van der Waals surface area contributed by atoms with E-state index in [0.29, 0.717) is 23.3 Å². The van der Waals surface area contributed by atoms with Gasteiger partial charge in [0.25, 0.3) is 5.89 Å². The average Bonchev–Trinajstić information content (AvgIpc) is 3.51. The molecule has 3 heterocycles. The maximum Gasteiger partial charge on any atom is 0.261 e. The van der Waals surface area contributed by atoms with Gasteiger partial charge in [-0.15, -0.1) is 0 Å². The van der Waals surface area contributed by atoms with Crippen LogP contribution in [0.25, 0.3) is 22.4 Å². The first kappa shape index (κ1) is 21.3. The van der Waals surface area contributed by atoms with Crippen LogP contribution in [-0.4, -0.2) is 40.8 Å². The standard InChI is InChI=1S/C25H32FN5O/c1-14(2)18-11-20-15(3)22(25-28-16(4)30-32-25)24(29-23(20)21(26)12-18)31-9-7-19(8-10-31)27-13-17-5-6-17/h11-12,14,17,19,27H,5-10,13H2,1-4H3. The molecule has 1 saturated carbocycles. The SMILES string of the molecule is Cc1noc(-c2c(N3CCC(NCC4CC4)CC3)nc3c(F)cc(C(C)C)cc3c2C)n1. The Hall–Kier alpha value is -2.54. The molecule has 32 heavy (non-hydrogen) atoms. The van der Waals surface area contributed by atoms with E-state index in [4.69, 9.17) is 9.51 Å². The van der Waals surface area contributed by atoms with E-state index in [0.717, 1.165) is 66.3 Å². The Kier molecular flexibility index (Phi) is 5.61. The van der Waals surface area contributed by atoms with Crippen LogP contribution in [0.1, 0.15) is 62.4 Å². The van der Waals surface area contributed by atoms with Gasteiger partial charge < -0.3 is 14.7 Å². The van der Waals surface area contributed by atoms with Gasteiger partial charge in [-0.3, -0.25) is 0 Å². The molecule has 2 fully saturated rings. The molecule has 0 amide bonds. The highest BCUT2D eigenvalue weighted by Gasteiger charge is 2.29. The van der Waals surface area contributed by atoms with Crippen LogP contribution in [0.5, 0.6) is 0 Å². The fourth-order valence-electron chi connectivity index (χ4n) is 4.65. The van der Waals surface area contributed by atoms with Crippen molar-refractivity contribution in [2.75, 3.05) is 24.5 Å². The van der Waals surface area contributed by atoms with Gasteiger partial charge >= 0.3 is 0 Å². The summed E-state index contributed by atoms with van der Waals surface area (Å²) in [6, 6.07) is 4.21. The minimum absolute atomic E-state index is 0.226. The summed E-state index contributed by atoms with van der Waals surface area (Å²) in [5.41, 5.74) is 3.13. The van der Waals surface area contributed by atoms with Crippen LogP contribution < -0.4 is 10.2 Å². The molecule has 1 saturated heterocycles. The zero-order valence-corrected chi connectivity index (χ0v) is 19.4. The third-order valence-electron chi connectivity index (χ3n) is 6.90. The van der Waals surface area contributed by atoms with E-state index >= 15 is 4.39 Å². The number of piperidine rings is 1. The second-order valence-corrected chi connectivity index (χ2v) is 9.75. The molecule has 3 aromatic rings. The smallest absolute Gasteiger partial charge is 0.261 e. The molecule has 2 aliphatic rings. The molecule has 170 valence electrons. The quantitative estimate of drug-likeness (QED) is 0.576. The van der Waals surface area contributed by atoms with Crippen LogP contribution in [0.4, 0.5) is 10.2 Å². The third-order valence-corrected chi connectivity index (χ3v) is 6.90. The minimum atomic E-state index is -0.273. The fourth-order valence-corrected chi connectivity index (χ4v) is 4.65. The number of aryl methyl sites for hydroxylation is 2. The maximum absolute atomic E-state index is 15.2. The van der Waals surface area contributed by atoms with Gasteiger partial charge in [0.1, 0.15) is 17.2 Å². The van der Waals surface area contributed by atoms with Gasteiger partial charge in [-0.25, -0.2) is 9.37 Å². The summed E-state index contributed by atoms with van der Waals surface area (Å²) in [7, 11) is 0. The molecular weight excluding hydrogens is 405 g/mol.